The Kier molecular flexibility index (Phi) is 6.31. The molecule has 0 bridgehead atoms. The summed E-state index contributed by atoms with van der Waals surface area (Å²) in [6.45, 7) is -0.200. The molecule has 140 valence electrons. The number of carbonyl (C=O) groups excluding carboxylic acids is 1. The maximum Gasteiger partial charge on any atom is 0.399 e. The number of alkyl halides is 2. The molecule has 2 rings (SSSR count). The molecule has 1 atom stereocenters. The Morgan fingerprint density at radius 3 is 2.38 bits per heavy atom. The van der Waals surface area contributed by atoms with Gasteiger partial charge in [-0.1, -0.05) is 46.3 Å². The van der Waals surface area contributed by atoms with Gasteiger partial charge in [-0.2, -0.15) is 8.78 Å². The molecule has 0 fully saturated rings. The van der Waals surface area contributed by atoms with Crippen LogP contribution in [-0.2, 0) is 15.0 Å². The highest BCUT2D eigenvalue weighted by molar-refractivity contribution is 9.10. The van der Waals surface area contributed by atoms with Gasteiger partial charge >= 0.3 is 19.2 Å². The minimum absolute atomic E-state index is 0.200. The average molecular weight is 450 g/mol. The van der Waals surface area contributed by atoms with Crippen LogP contribution in [0.5, 0.6) is 0 Å². The molecular formula is C16H15BrF2NO5P. The summed E-state index contributed by atoms with van der Waals surface area (Å²) in [6, 6.07) is 10.7. The number of carbonyl (C=O) groups is 1. The van der Waals surface area contributed by atoms with Crippen molar-refractivity contribution in [2.45, 2.75) is 11.7 Å². The van der Waals surface area contributed by atoms with Gasteiger partial charge in [-0.05, 0) is 23.8 Å². The van der Waals surface area contributed by atoms with Crippen molar-refractivity contribution in [2.75, 3.05) is 6.61 Å². The summed E-state index contributed by atoms with van der Waals surface area (Å²) in [5.74, 6) is -0.579. The van der Waals surface area contributed by atoms with Crippen LogP contribution in [0, 0.1) is 0 Å². The lowest BCUT2D eigenvalue weighted by Crippen LogP contribution is -2.20. The Labute approximate surface area is 156 Å². The first-order chi connectivity index (χ1) is 12.0. The second kappa shape index (κ2) is 7.94. The fourth-order valence-corrected chi connectivity index (χ4v) is 3.39. The Morgan fingerprint density at radius 2 is 1.85 bits per heavy atom. The van der Waals surface area contributed by atoms with Crippen LogP contribution in [0.15, 0.2) is 53.0 Å². The molecule has 6 nitrogen and oxygen atoms in total. The average Bonchev–Trinajstić information content (AvgIpc) is 2.58. The molecule has 26 heavy (non-hydrogen) atoms. The highest BCUT2D eigenvalue weighted by atomic mass is 79.9. The summed E-state index contributed by atoms with van der Waals surface area (Å²) in [4.78, 5) is 29.5. The van der Waals surface area contributed by atoms with E-state index in [9.17, 15) is 18.1 Å². The zero-order chi connectivity index (χ0) is 19.5. The van der Waals surface area contributed by atoms with Crippen LogP contribution in [0.2, 0.25) is 0 Å². The van der Waals surface area contributed by atoms with E-state index in [1.54, 1.807) is 30.3 Å². The molecular weight excluding hydrogens is 435 g/mol. The Hall–Kier alpha value is -1.64. The Morgan fingerprint density at radius 1 is 1.23 bits per heavy atom. The summed E-state index contributed by atoms with van der Waals surface area (Å²) in [5, 5.41) is 0. The first-order valence-corrected chi connectivity index (χ1v) is 9.65. The molecule has 0 saturated heterocycles. The summed E-state index contributed by atoms with van der Waals surface area (Å²) in [6.07, 6.45) is 0. The second-order valence-corrected chi connectivity index (χ2v) is 7.90. The summed E-state index contributed by atoms with van der Waals surface area (Å²) in [7, 11) is -5.68. The summed E-state index contributed by atoms with van der Waals surface area (Å²) in [5.41, 5.74) is 1.39. The van der Waals surface area contributed by atoms with Gasteiger partial charge in [-0.15, -0.1) is 0 Å². The van der Waals surface area contributed by atoms with Gasteiger partial charge in [-0.3, -0.25) is 4.57 Å². The van der Waals surface area contributed by atoms with Gasteiger partial charge in [0.25, 0.3) is 0 Å². The third kappa shape index (κ3) is 4.55. The molecule has 0 aliphatic rings. The molecule has 2 aromatic carbocycles. The van der Waals surface area contributed by atoms with Crippen molar-refractivity contribution in [1.82, 2.24) is 0 Å². The SMILES string of the molecule is NC(COC(=O)c1ccccc1)c1ccc(C(F)(F)P(=O)(O)O)c(Br)c1. The Balaban J connectivity index is 2.11. The molecule has 10 heteroatoms. The molecule has 4 N–H and O–H groups in total. The van der Waals surface area contributed by atoms with Crippen molar-refractivity contribution in [1.29, 1.82) is 0 Å². The highest BCUT2D eigenvalue weighted by Crippen LogP contribution is 2.60. The van der Waals surface area contributed by atoms with Crippen molar-refractivity contribution >= 4 is 29.5 Å². The number of hydrogen-bond acceptors (Lipinski definition) is 4. The van der Waals surface area contributed by atoms with Gasteiger partial charge in [-0.25, -0.2) is 4.79 Å². The lowest BCUT2D eigenvalue weighted by Gasteiger charge is -2.20. The van der Waals surface area contributed by atoms with Crippen LogP contribution in [-0.4, -0.2) is 22.4 Å². The number of benzene rings is 2. The number of ether oxygens (including phenoxy) is 1. The molecule has 0 aliphatic carbocycles. The third-order valence-electron chi connectivity index (χ3n) is 3.51. The Bertz CT molecular complexity index is 844. The lowest BCUT2D eigenvalue weighted by atomic mass is 10.1. The van der Waals surface area contributed by atoms with E-state index in [1.807, 2.05) is 0 Å². The normalized spacial score (nSPS) is 13.3. The van der Waals surface area contributed by atoms with Crippen LogP contribution in [0.3, 0.4) is 0 Å². The van der Waals surface area contributed by atoms with Crippen molar-refractivity contribution in [3.05, 3.63) is 69.7 Å². The topological polar surface area (TPSA) is 110 Å². The lowest BCUT2D eigenvalue weighted by molar-refractivity contribution is 0.0480. The predicted molar refractivity (Wildman–Crippen MR) is 93.7 cm³/mol. The molecule has 2 aromatic rings. The zero-order valence-electron chi connectivity index (χ0n) is 13.2. The number of nitrogens with two attached hydrogens (primary N) is 1. The summed E-state index contributed by atoms with van der Waals surface area (Å²) < 4.78 is 43.5. The van der Waals surface area contributed by atoms with E-state index < -0.39 is 30.8 Å². The van der Waals surface area contributed by atoms with E-state index in [0.29, 0.717) is 11.1 Å². The van der Waals surface area contributed by atoms with Crippen molar-refractivity contribution < 1.29 is 32.7 Å². The summed E-state index contributed by atoms with van der Waals surface area (Å²) >= 11 is 2.87. The van der Waals surface area contributed by atoms with Gasteiger partial charge in [0, 0.05) is 10.0 Å². The molecule has 0 spiro atoms. The van der Waals surface area contributed by atoms with Gasteiger partial charge in [0.05, 0.1) is 11.6 Å². The fourth-order valence-electron chi connectivity index (χ4n) is 2.08. The number of rotatable bonds is 6. The first kappa shape index (κ1) is 20.7. The molecule has 0 radical (unpaired) electrons. The van der Waals surface area contributed by atoms with Crippen LogP contribution < -0.4 is 5.73 Å². The molecule has 0 aromatic heterocycles. The predicted octanol–water partition coefficient (Wildman–Crippen LogP) is 3.53. The quantitative estimate of drug-likeness (QED) is 0.459. The number of hydrogen-bond donors (Lipinski definition) is 3. The minimum atomic E-state index is -5.68. The maximum atomic E-state index is 13.8. The smallest absolute Gasteiger partial charge is 0.399 e. The van der Waals surface area contributed by atoms with E-state index >= 15 is 0 Å². The van der Waals surface area contributed by atoms with Crippen molar-refractivity contribution in [2.24, 2.45) is 5.73 Å². The van der Waals surface area contributed by atoms with Crippen molar-refractivity contribution in [3.8, 4) is 0 Å². The minimum Gasteiger partial charge on any atom is -0.460 e. The number of halogens is 3. The van der Waals surface area contributed by atoms with E-state index in [1.165, 1.54) is 12.1 Å². The van der Waals surface area contributed by atoms with Crippen molar-refractivity contribution in [3.63, 3.8) is 0 Å². The maximum absolute atomic E-state index is 13.8. The van der Waals surface area contributed by atoms with E-state index in [0.717, 1.165) is 6.07 Å². The number of esters is 1. The van der Waals surface area contributed by atoms with E-state index in [2.05, 4.69) is 15.9 Å². The second-order valence-electron chi connectivity index (χ2n) is 5.40. The monoisotopic (exact) mass is 449 g/mol. The van der Waals surface area contributed by atoms with Gasteiger partial charge < -0.3 is 20.3 Å². The largest absolute Gasteiger partial charge is 0.460 e. The standard InChI is InChI=1S/C16H15BrF2NO5P/c17-13-8-11(6-7-12(13)16(18,19)26(22,23)24)14(20)9-25-15(21)10-4-2-1-3-5-10/h1-8,14H,9,20H2,(H2,22,23,24). The molecule has 0 aliphatic heterocycles. The molecule has 0 saturated carbocycles. The van der Waals surface area contributed by atoms with Crippen LogP contribution in [0.25, 0.3) is 0 Å². The fraction of sp³-hybridized carbons (Fsp3) is 0.188. The molecule has 0 heterocycles. The zero-order valence-corrected chi connectivity index (χ0v) is 15.7. The van der Waals surface area contributed by atoms with Gasteiger partial charge in [0.2, 0.25) is 0 Å². The van der Waals surface area contributed by atoms with Gasteiger partial charge in [0.1, 0.15) is 6.61 Å². The van der Waals surface area contributed by atoms with E-state index in [-0.39, 0.29) is 11.1 Å². The van der Waals surface area contributed by atoms with Gasteiger partial charge in [0.15, 0.2) is 0 Å². The third-order valence-corrected chi connectivity index (χ3v) is 5.14. The first-order valence-electron chi connectivity index (χ1n) is 7.25. The van der Waals surface area contributed by atoms with E-state index in [4.69, 9.17) is 20.3 Å². The molecule has 0 amide bonds. The van der Waals surface area contributed by atoms with Crippen LogP contribution in [0.4, 0.5) is 8.78 Å². The highest BCUT2D eigenvalue weighted by Gasteiger charge is 2.51. The van der Waals surface area contributed by atoms with Crippen LogP contribution in [0.1, 0.15) is 27.5 Å². The van der Waals surface area contributed by atoms with Crippen LogP contribution >= 0.6 is 23.5 Å². The molecule has 1 unspecified atom stereocenters.